The molecule has 4 rings (SSSR count). The minimum atomic E-state index is -2.67. The van der Waals surface area contributed by atoms with Gasteiger partial charge in [-0.1, -0.05) is 32.4 Å². The van der Waals surface area contributed by atoms with Crippen LogP contribution in [-0.2, 0) is 27.3 Å². The molecule has 7 N–H and O–H groups in total. The lowest BCUT2D eigenvalue weighted by atomic mass is 9.57. The van der Waals surface area contributed by atoms with Crippen LogP contribution in [0.15, 0.2) is 23.0 Å². The largest absolute Gasteiger partial charge is 0.508 e. The van der Waals surface area contributed by atoms with Gasteiger partial charge in [-0.3, -0.25) is 19.3 Å². The smallest absolute Gasteiger partial charge is 0.255 e. The molecule has 1 amide bonds. The second-order valence-electron chi connectivity index (χ2n) is 11.8. The van der Waals surface area contributed by atoms with E-state index in [0.29, 0.717) is 29.2 Å². The first-order valence-electron chi connectivity index (χ1n) is 12.4. The van der Waals surface area contributed by atoms with Gasteiger partial charge in [0.25, 0.3) is 5.91 Å². The van der Waals surface area contributed by atoms with Crippen LogP contribution in [0.3, 0.4) is 0 Å². The summed E-state index contributed by atoms with van der Waals surface area (Å²) in [5.41, 5.74) is 2.69. The molecule has 0 heterocycles. The molecule has 0 unspecified atom stereocenters. The number of rotatable bonds is 5. The topological polar surface area (TPSA) is 173 Å². The fourth-order valence-electron chi connectivity index (χ4n) is 6.05. The summed E-state index contributed by atoms with van der Waals surface area (Å²) in [5.74, 6) is -6.89. The summed E-state index contributed by atoms with van der Waals surface area (Å²) in [7, 11) is 3.11. The van der Waals surface area contributed by atoms with E-state index in [1.807, 2.05) is 0 Å². The normalized spacial score (nSPS) is 27.4. The van der Waals surface area contributed by atoms with Crippen LogP contribution in [0.25, 0.3) is 5.76 Å². The van der Waals surface area contributed by atoms with E-state index in [2.05, 4.69) is 26.1 Å². The monoisotopic (exact) mass is 547 g/mol. The van der Waals surface area contributed by atoms with Crippen LogP contribution in [-0.4, -0.2) is 75.1 Å². The minimum absolute atomic E-state index is 0.00928. The zero-order chi connectivity index (χ0) is 28.5. The molecular formula is C27H34ClN3O7. The van der Waals surface area contributed by atoms with E-state index in [4.69, 9.17) is 17.3 Å². The Bertz CT molecular complexity index is 1310. The van der Waals surface area contributed by atoms with Crippen molar-refractivity contribution in [3.8, 4) is 5.75 Å². The Labute approximate surface area is 225 Å². The van der Waals surface area contributed by atoms with Crippen molar-refractivity contribution in [2.75, 3.05) is 20.6 Å². The molecule has 0 bridgehead atoms. The Morgan fingerprint density at radius 1 is 1.24 bits per heavy atom. The van der Waals surface area contributed by atoms with Crippen molar-refractivity contribution in [2.45, 2.75) is 51.8 Å². The number of likely N-dealkylation sites (N-methyl/N-ethyl adjacent to an activating group) is 1. The van der Waals surface area contributed by atoms with Gasteiger partial charge in [0.2, 0.25) is 5.78 Å². The number of carbonyl (C=O) groups excluding carboxylic acids is 3. The minimum Gasteiger partial charge on any atom is -0.508 e. The Hall–Kier alpha value is -2.92. The molecule has 4 atom stereocenters. The molecule has 10 nitrogen and oxygen atoms in total. The van der Waals surface area contributed by atoms with Gasteiger partial charge in [0.05, 0.1) is 11.6 Å². The summed E-state index contributed by atoms with van der Waals surface area (Å²) >= 11 is 6.75. The summed E-state index contributed by atoms with van der Waals surface area (Å²) in [5, 5.41) is 48.2. The molecule has 206 valence electrons. The standard InChI is InChI=1S/C27H34ClN3O7/c1-26(2,3)10-30-9-12-8-15(32)17-13(19(12)28)6-11-7-14-20(31(4)5)22(34)18(25(29)37)24(36)27(14,38)23(35)16(11)21(17)33/h8,11,14,20,30,32-33,36,38H,6-7,9-10H2,1-5H3,(H2,29,37)/t11-,14-,20-,27-/m0/s1. The van der Waals surface area contributed by atoms with Crippen LogP contribution in [0.5, 0.6) is 5.75 Å². The number of nitrogens with two attached hydrogens (primary N) is 1. The second-order valence-corrected chi connectivity index (χ2v) is 12.2. The third-order valence-corrected chi connectivity index (χ3v) is 8.17. The Kier molecular flexibility index (Phi) is 6.93. The number of ketones is 2. The van der Waals surface area contributed by atoms with E-state index >= 15 is 0 Å². The molecule has 38 heavy (non-hydrogen) atoms. The molecule has 1 aromatic rings. The van der Waals surface area contributed by atoms with Crippen molar-refractivity contribution in [2.24, 2.45) is 23.0 Å². The molecular weight excluding hydrogens is 514 g/mol. The number of aromatic hydroxyl groups is 1. The second kappa shape index (κ2) is 9.37. The number of phenolic OH excluding ortho intramolecular Hbond substituents is 1. The summed E-state index contributed by atoms with van der Waals surface area (Å²) in [6.45, 7) is 7.29. The zero-order valence-electron chi connectivity index (χ0n) is 22.1. The van der Waals surface area contributed by atoms with Gasteiger partial charge in [-0.2, -0.15) is 0 Å². The highest BCUT2D eigenvalue weighted by Crippen LogP contribution is 2.53. The quantitative estimate of drug-likeness (QED) is 0.300. The maximum absolute atomic E-state index is 13.8. The first kappa shape index (κ1) is 28.1. The maximum Gasteiger partial charge on any atom is 0.255 e. The van der Waals surface area contributed by atoms with Crippen molar-refractivity contribution >= 4 is 34.8 Å². The molecule has 3 aliphatic rings. The number of nitrogens with zero attached hydrogens (tertiary/aromatic N) is 1. The Morgan fingerprint density at radius 3 is 2.42 bits per heavy atom. The number of halogens is 1. The van der Waals surface area contributed by atoms with Gasteiger partial charge >= 0.3 is 0 Å². The molecule has 0 saturated heterocycles. The lowest BCUT2D eigenvalue weighted by Crippen LogP contribution is -2.65. The van der Waals surface area contributed by atoms with Gasteiger partial charge in [0.1, 0.15) is 22.8 Å². The van der Waals surface area contributed by atoms with Crippen LogP contribution in [0, 0.1) is 17.3 Å². The lowest BCUT2D eigenvalue weighted by molar-refractivity contribution is -0.153. The average molecular weight is 548 g/mol. The van der Waals surface area contributed by atoms with Crippen LogP contribution >= 0.6 is 11.6 Å². The molecule has 1 fully saturated rings. The Morgan fingerprint density at radius 2 is 1.87 bits per heavy atom. The number of aliphatic hydroxyl groups is 3. The molecule has 0 spiro atoms. The average Bonchev–Trinajstić information content (AvgIpc) is 2.78. The fraction of sp³-hybridized carbons (Fsp3) is 0.519. The number of amides is 1. The number of hydrogen-bond donors (Lipinski definition) is 6. The van der Waals surface area contributed by atoms with Gasteiger partial charge < -0.3 is 31.5 Å². The first-order valence-corrected chi connectivity index (χ1v) is 12.8. The molecule has 1 aromatic carbocycles. The predicted molar refractivity (Wildman–Crippen MR) is 140 cm³/mol. The highest BCUT2D eigenvalue weighted by Gasteiger charge is 2.64. The third-order valence-electron chi connectivity index (χ3n) is 7.70. The van der Waals surface area contributed by atoms with Gasteiger partial charge in [0, 0.05) is 29.6 Å². The van der Waals surface area contributed by atoms with E-state index in [0.717, 1.165) is 0 Å². The molecule has 3 aliphatic carbocycles. The summed E-state index contributed by atoms with van der Waals surface area (Å²) in [6, 6.07) is 0.284. The van der Waals surface area contributed by atoms with Gasteiger partial charge in [-0.25, -0.2) is 0 Å². The summed E-state index contributed by atoms with van der Waals surface area (Å²) in [6.07, 6.45) is 0.156. The molecule has 0 aromatic heterocycles. The van der Waals surface area contributed by atoms with Crippen molar-refractivity contribution in [3.05, 3.63) is 44.7 Å². The van der Waals surface area contributed by atoms with Gasteiger partial charge in [-0.05, 0) is 55.5 Å². The number of Topliss-reactive ketones (excluding diaryl/α,β-unsaturated/α-hetero) is 2. The van der Waals surface area contributed by atoms with Crippen molar-refractivity contribution in [3.63, 3.8) is 0 Å². The van der Waals surface area contributed by atoms with Crippen LogP contribution in [0.2, 0.25) is 5.02 Å². The number of benzene rings is 1. The highest BCUT2D eigenvalue weighted by molar-refractivity contribution is 6.32. The van der Waals surface area contributed by atoms with E-state index in [1.54, 1.807) is 14.1 Å². The first-order chi connectivity index (χ1) is 17.5. The van der Waals surface area contributed by atoms with Gasteiger partial charge in [-0.15, -0.1) is 0 Å². The van der Waals surface area contributed by atoms with E-state index in [9.17, 15) is 34.8 Å². The van der Waals surface area contributed by atoms with Crippen molar-refractivity contribution in [1.29, 1.82) is 0 Å². The van der Waals surface area contributed by atoms with Crippen LogP contribution < -0.4 is 11.1 Å². The number of carbonyl (C=O) groups is 3. The Balaban J connectivity index is 1.85. The summed E-state index contributed by atoms with van der Waals surface area (Å²) < 4.78 is 0. The van der Waals surface area contributed by atoms with Crippen molar-refractivity contribution in [1.82, 2.24) is 10.2 Å². The maximum atomic E-state index is 13.8. The number of fused-ring (bicyclic) bond motifs is 3. The van der Waals surface area contributed by atoms with E-state index in [1.165, 1.54) is 11.0 Å². The lowest BCUT2D eigenvalue weighted by Gasteiger charge is -2.50. The number of hydrogen-bond acceptors (Lipinski definition) is 9. The van der Waals surface area contributed by atoms with Crippen LogP contribution in [0.4, 0.5) is 0 Å². The number of primary amides is 1. The zero-order valence-corrected chi connectivity index (χ0v) is 22.8. The molecule has 0 aliphatic heterocycles. The predicted octanol–water partition coefficient (Wildman–Crippen LogP) is 1.75. The molecule has 0 radical (unpaired) electrons. The fourth-order valence-corrected chi connectivity index (χ4v) is 6.34. The SMILES string of the molecule is CN(C)[C@@H]1C(=O)C(C(N)=O)=C(O)[C@@]2(O)C(=O)C3=C(O)c4c(O)cc(CNCC(C)(C)C)c(Cl)c4C[C@H]3C[C@@H]12. The third kappa shape index (κ3) is 4.20. The van der Waals surface area contributed by atoms with Crippen molar-refractivity contribution < 1.29 is 34.8 Å². The molecule has 11 heteroatoms. The van der Waals surface area contributed by atoms with Gasteiger partial charge in [0.15, 0.2) is 11.4 Å². The number of nitrogens with one attached hydrogen (secondary N) is 1. The highest BCUT2D eigenvalue weighted by atomic mass is 35.5. The van der Waals surface area contributed by atoms with E-state index < -0.39 is 58.0 Å². The molecule has 1 saturated carbocycles. The van der Waals surface area contributed by atoms with Crippen LogP contribution in [0.1, 0.15) is 43.9 Å². The number of phenols is 1. The van der Waals surface area contributed by atoms with E-state index in [-0.39, 0.29) is 35.1 Å². The summed E-state index contributed by atoms with van der Waals surface area (Å²) in [4.78, 5) is 40.5. The number of aliphatic hydroxyl groups excluding tert-OH is 2.